The Labute approximate surface area is 143 Å². The van der Waals surface area contributed by atoms with Crippen LogP contribution in [-0.4, -0.2) is 36.2 Å². The third-order valence-electron chi connectivity index (χ3n) is 4.02. The number of hydrogen-bond donors (Lipinski definition) is 0. The van der Waals surface area contributed by atoms with Crippen LogP contribution >= 0.6 is 0 Å². The Morgan fingerprint density at radius 3 is 2.39 bits per heavy atom. The molecule has 1 aliphatic carbocycles. The Kier molecular flexibility index (Phi) is 12.8. The molecule has 0 radical (unpaired) electrons. The van der Waals surface area contributed by atoms with Crippen molar-refractivity contribution >= 4 is 11.6 Å². The maximum absolute atomic E-state index is 12.0. The molecule has 1 amide bonds. The van der Waals surface area contributed by atoms with Crippen LogP contribution in [0, 0.1) is 11.8 Å². The van der Waals surface area contributed by atoms with Gasteiger partial charge in [0.1, 0.15) is 6.61 Å². The van der Waals surface area contributed by atoms with Crippen LogP contribution in [0.5, 0.6) is 0 Å². The van der Waals surface area contributed by atoms with Gasteiger partial charge in [-0.2, -0.15) is 0 Å². The summed E-state index contributed by atoms with van der Waals surface area (Å²) in [5, 5.41) is 3.89. The molecule has 0 aromatic carbocycles. The summed E-state index contributed by atoms with van der Waals surface area (Å²) in [4.78, 5) is 19.2. The molecular weight excluding hydrogens is 288 g/mol. The number of piperidine rings is 1. The summed E-state index contributed by atoms with van der Waals surface area (Å²) in [6.45, 7) is 14.5. The Hall–Kier alpha value is -1.06. The lowest BCUT2D eigenvalue weighted by Gasteiger charge is -2.26. The molecule has 0 aromatic heterocycles. The minimum Gasteiger partial charge on any atom is -0.396 e. The van der Waals surface area contributed by atoms with Gasteiger partial charge in [-0.25, -0.2) is 0 Å². The summed E-state index contributed by atoms with van der Waals surface area (Å²) in [6.07, 6.45) is 6.30. The highest BCUT2D eigenvalue weighted by Gasteiger charge is 2.42. The van der Waals surface area contributed by atoms with E-state index < -0.39 is 0 Å². The summed E-state index contributed by atoms with van der Waals surface area (Å²) in [7, 11) is 0. The first-order chi connectivity index (χ1) is 11.2. The van der Waals surface area contributed by atoms with E-state index in [4.69, 9.17) is 4.84 Å². The van der Waals surface area contributed by atoms with Crippen LogP contribution in [0.1, 0.15) is 80.1 Å². The minimum atomic E-state index is 0.355. The Balaban J connectivity index is 0.00000112. The molecule has 4 nitrogen and oxygen atoms in total. The second-order valence-corrected chi connectivity index (χ2v) is 6.07. The number of amides is 1. The second kappa shape index (κ2) is 13.4. The maximum Gasteiger partial charge on any atom is 0.222 e. The number of fused-ring (bicyclic) bond motifs is 1. The molecule has 2 atom stereocenters. The van der Waals surface area contributed by atoms with Crippen molar-refractivity contribution in [3.63, 3.8) is 0 Å². The average Bonchev–Trinajstić information content (AvgIpc) is 3.35. The average molecular weight is 327 g/mol. The molecule has 1 saturated carbocycles. The highest BCUT2D eigenvalue weighted by molar-refractivity contribution is 5.78. The van der Waals surface area contributed by atoms with Crippen LogP contribution in [0.25, 0.3) is 0 Å². The van der Waals surface area contributed by atoms with Crippen LogP contribution in [0.4, 0.5) is 0 Å². The third kappa shape index (κ3) is 9.62. The number of carbonyl (C=O) groups is 1. The van der Waals surface area contributed by atoms with Crippen molar-refractivity contribution in [2.45, 2.75) is 80.1 Å². The van der Waals surface area contributed by atoms with E-state index >= 15 is 0 Å². The highest BCUT2D eigenvalue weighted by Crippen LogP contribution is 2.44. The van der Waals surface area contributed by atoms with Crippen molar-refractivity contribution in [2.24, 2.45) is 17.0 Å². The lowest BCUT2D eigenvalue weighted by molar-refractivity contribution is -0.132. The first kappa shape index (κ1) is 21.9. The molecule has 136 valence electrons. The smallest absolute Gasteiger partial charge is 0.222 e. The molecule has 1 heterocycles. The Bertz CT molecular complexity index is 338. The summed E-state index contributed by atoms with van der Waals surface area (Å²) in [6, 6.07) is 0. The van der Waals surface area contributed by atoms with Gasteiger partial charge in [-0.15, -0.1) is 0 Å². The predicted molar refractivity (Wildman–Crippen MR) is 98.7 cm³/mol. The Morgan fingerprint density at radius 1 is 1.09 bits per heavy atom. The first-order valence-electron chi connectivity index (χ1n) is 9.57. The number of nitrogens with zero attached hydrogens (tertiary/aromatic N) is 2. The van der Waals surface area contributed by atoms with Crippen LogP contribution < -0.4 is 0 Å². The van der Waals surface area contributed by atoms with Crippen molar-refractivity contribution < 1.29 is 9.63 Å². The summed E-state index contributed by atoms with van der Waals surface area (Å²) in [5.41, 5.74) is 0.943. The second-order valence-electron chi connectivity index (χ2n) is 6.07. The predicted octanol–water partition coefficient (Wildman–Crippen LogP) is 4.88. The van der Waals surface area contributed by atoms with Gasteiger partial charge in [-0.05, 0) is 57.8 Å². The molecule has 2 aliphatic rings. The fraction of sp³-hybridized carbons (Fsp3) is 0.895. The van der Waals surface area contributed by atoms with Gasteiger partial charge in [0.25, 0.3) is 0 Å². The minimum absolute atomic E-state index is 0.355. The van der Waals surface area contributed by atoms with E-state index in [1.807, 2.05) is 41.5 Å². The summed E-state index contributed by atoms with van der Waals surface area (Å²) >= 11 is 0. The SMILES string of the molecule is CC.CC.CC(C)=NOCCCCCC(=O)N1CCC2CC2C1. The van der Waals surface area contributed by atoms with Gasteiger partial charge < -0.3 is 9.74 Å². The standard InChI is InChI=1S/C15H26N2O2.2C2H6/c1-12(2)16-19-9-5-3-4-6-15(18)17-8-7-13-10-14(13)11-17;2*1-2/h13-14H,3-11H2,1-2H3;2*1-2H3. The zero-order chi connectivity index (χ0) is 17.7. The first-order valence-corrected chi connectivity index (χ1v) is 9.57. The van der Waals surface area contributed by atoms with E-state index in [-0.39, 0.29) is 0 Å². The lowest BCUT2D eigenvalue weighted by Crippen LogP contribution is -2.36. The molecular formula is C19H38N2O2. The largest absolute Gasteiger partial charge is 0.396 e. The number of oxime groups is 1. The molecule has 23 heavy (non-hydrogen) atoms. The van der Waals surface area contributed by atoms with E-state index in [2.05, 4.69) is 10.1 Å². The maximum atomic E-state index is 12.0. The van der Waals surface area contributed by atoms with Crippen LogP contribution in [0.15, 0.2) is 5.16 Å². The van der Waals surface area contributed by atoms with Crippen molar-refractivity contribution in [1.82, 2.24) is 4.90 Å². The quantitative estimate of drug-likeness (QED) is 0.380. The van der Waals surface area contributed by atoms with E-state index in [0.717, 1.165) is 49.9 Å². The van der Waals surface area contributed by atoms with Crippen molar-refractivity contribution in [1.29, 1.82) is 0 Å². The Morgan fingerprint density at radius 2 is 1.78 bits per heavy atom. The molecule has 0 aromatic rings. The normalized spacial score (nSPS) is 20.9. The number of likely N-dealkylation sites (tertiary alicyclic amines) is 1. The lowest BCUT2D eigenvalue weighted by atomic mass is 10.1. The number of rotatable bonds is 7. The van der Waals surface area contributed by atoms with Crippen molar-refractivity contribution in [3.8, 4) is 0 Å². The van der Waals surface area contributed by atoms with Gasteiger partial charge in [0.15, 0.2) is 0 Å². The van der Waals surface area contributed by atoms with Gasteiger partial charge >= 0.3 is 0 Å². The zero-order valence-electron chi connectivity index (χ0n) is 16.2. The molecule has 2 unspecified atom stereocenters. The molecule has 0 N–H and O–H groups in total. The summed E-state index contributed by atoms with van der Waals surface area (Å²) in [5.74, 6) is 2.14. The van der Waals surface area contributed by atoms with E-state index in [0.29, 0.717) is 18.9 Å². The van der Waals surface area contributed by atoms with Gasteiger partial charge in [0, 0.05) is 19.5 Å². The monoisotopic (exact) mass is 326 g/mol. The van der Waals surface area contributed by atoms with Crippen LogP contribution in [-0.2, 0) is 9.63 Å². The molecule has 2 rings (SSSR count). The molecule has 4 heteroatoms. The van der Waals surface area contributed by atoms with Crippen molar-refractivity contribution in [3.05, 3.63) is 0 Å². The highest BCUT2D eigenvalue weighted by atomic mass is 16.6. The van der Waals surface area contributed by atoms with Crippen molar-refractivity contribution in [2.75, 3.05) is 19.7 Å². The third-order valence-corrected chi connectivity index (χ3v) is 4.02. The van der Waals surface area contributed by atoms with Crippen LogP contribution in [0.2, 0.25) is 0 Å². The fourth-order valence-corrected chi connectivity index (χ4v) is 2.76. The molecule has 1 aliphatic heterocycles. The van der Waals surface area contributed by atoms with Crippen LogP contribution in [0.3, 0.4) is 0 Å². The fourth-order valence-electron chi connectivity index (χ4n) is 2.76. The molecule has 0 spiro atoms. The van der Waals surface area contributed by atoms with E-state index in [1.165, 1.54) is 12.8 Å². The van der Waals surface area contributed by atoms with Gasteiger partial charge in [-0.3, -0.25) is 4.79 Å². The number of hydrogen-bond acceptors (Lipinski definition) is 3. The van der Waals surface area contributed by atoms with Gasteiger partial charge in [-0.1, -0.05) is 32.9 Å². The molecule has 1 saturated heterocycles. The topological polar surface area (TPSA) is 41.9 Å². The number of carbonyl (C=O) groups excluding carboxylic acids is 1. The molecule has 2 fully saturated rings. The summed E-state index contributed by atoms with van der Waals surface area (Å²) < 4.78 is 0. The zero-order valence-corrected chi connectivity index (χ0v) is 16.2. The van der Waals surface area contributed by atoms with Gasteiger partial charge in [0.05, 0.1) is 5.71 Å². The van der Waals surface area contributed by atoms with E-state index in [9.17, 15) is 4.79 Å². The number of unbranched alkanes of at least 4 members (excludes halogenated alkanes) is 2. The molecule has 0 bridgehead atoms. The van der Waals surface area contributed by atoms with E-state index in [1.54, 1.807) is 0 Å². The van der Waals surface area contributed by atoms with Gasteiger partial charge in [0.2, 0.25) is 5.91 Å².